The van der Waals surface area contributed by atoms with Crippen LogP contribution in [-0.2, 0) is 9.57 Å². The van der Waals surface area contributed by atoms with Crippen molar-refractivity contribution in [2.45, 2.75) is 13.3 Å². The van der Waals surface area contributed by atoms with Crippen LogP contribution in [0.15, 0.2) is 28.6 Å². The molecule has 0 radical (unpaired) electrons. The van der Waals surface area contributed by atoms with E-state index in [0.29, 0.717) is 18.8 Å². The number of nitrogens with zero attached hydrogens (tertiary/aromatic N) is 3. The summed E-state index contributed by atoms with van der Waals surface area (Å²) in [7, 11) is 6.81. The van der Waals surface area contributed by atoms with Crippen LogP contribution in [0.3, 0.4) is 0 Å². The maximum Gasteiger partial charge on any atom is 0.215 e. The Balaban J connectivity index is 4.78. The zero-order valence-electron chi connectivity index (χ0n) is 13.4. The highest BCUT2D eigenvalue weighted by atomic mass is 16.6. The maximum atomic E-state index is 9.52. The summed E-state index contributed by atoms with van der Waals surface area (Å²) in [5, 5.41) is 9.52. The highest BCUT2D eigenvalue weighted by molar-refractivity contribution is 5.98. The average molecular weight is 301 g/mol. The van der Waals surface area contributed by atoms with Gasteiger partial charge in [0.2, 0.25) is 6.41 Å². The molecule has 1 unspecified atom stereocenters. The molecular weight excluding hydrogens is 274 g/mol. The summed E-state index contributed by atoms with van der Waals surface area (Å²) in [5.41, 5.74) is 7.24. The van der Waals surface area contributed by atoms with E-state index in [1.807, 2.05) is 18.9 Å². The van der Waals surface area contributed by atoms with Gasteiger partial charge in [-0.25, -0.2) is 0 Å². The molecule has 1 atom stereocenters. The van der Waals surface area contributed by atoms with Crippen LogP contribution >= 0.6 is 0 Å². The monoisotopic (exact) mass is 301 g/mol. The second kappa shape index (κ2) is 10.2. The molecule has 0 saturated heterocycles. The molecule has 0 aromatic rings. The highest BCUT2D eigenvalue weighted by Gasteiger charge is 2.14. The standard InChI is InChI=1S/C13H27N5O3/c1-10(11(14)6-9-21-15)12(16-2)17(3)7-8-18(4)13(19)20-5/h6,9,13,19H,7-8,14-15H2,1-5H3/b9-6+,11-10-,16-12+. The first-order chi connectivity index (χ1) is 9.88. The van der Waals surface area contributed by atoms with Crippen LogP contribution < -0.4 is 11.6 Å². The number of nitrogens with two attached hydrogens (primary N) is 2. The van der Waals surface area contributed by atoms with Gasteiger partial charge in [0.15, 0.2) is 0 Å². The number of aliphatic hydroxyl groups excluding tert-OH is 1. The van der Waals surface area contributed by atoms with Gasteiger partial charge in [-0.3, -0.25) is 9.89 Å². The molecule has 21 heavy (non-hydrogen) atoms. The van der Waals surface area contributed by atoms with Crippen LogP contribution in [0.2, 0.25) is 0 Å². The second-order valence-corrected chi connectivity index (χ2v) is 4.53. The normalized spacial score (nSPS) is 15.3. The summed E-state index contributed by atoms with van der Waals surface area (Å²) in [6.45, 7) is 3.10. The van der Waals surface area contributed by atoms with Crippen LogP contribution in [0.25, 0.3) is 0 Å². The van der Waals surface area contributed by atoms with Crippen molar-refractivity contribution >= 4 is 5.84 Å². The minimum atomic E-state index is -0.924. The van der Waals surface area contributed by atoms with Gasteiger partial charge in [0.1, 0.15) is 12.1 Å². The third kappa shape index (κ3) is 6.58. The zero-order valence-corrected chi connectivity index (χ0v) is 13.4. The van der Waals surface area contributed by atoms with Gasteiger partial charge in [0.25, 0.3) is 0 Å². The van der Waals surface area contributed by atoms with Gasteiger partial charge in [-0.2, -0.15) is 5.90 Å². The third-order valence-corrected chi connectivity index (χ3v) is 3.04. The van der Waals surface area contributed by atoms with E-state index in [0.717, 1.165) is 11.4 Å². The van der Waals surface area contributed by atoms with Crippen molar-refractivity contribution < 1.29 is 14.7 Å². The van der Waals surface area contributed by atoms with Gasteiger partial charge in [-0.1, -0.05) is 0 Å². The number of allylic oxidation sites excluding steroid dienone is 1. The molecule has 0 spiro atoms. The minimum Gasteiger partial charge on any atom is -0.419 e. The summed E-state index contributed by atoms with van der Waals surface area (Å²) in [4.78, 5) is 12.2. The number of aliphatic imine (C=N–C) groups is 1. The fraction of sp³-hybridized carbons (Fsp3) is 0.615. The van der Waals surface area contributed by atoms with E-state index < -0.39 is 6.41 Å². The zero-order chi connectivity index (χ0) is 16.4. The van der Waals surface area contributed by atoms with E-state index >= 15 is 0 Å². The summed E-state index contributed by atoms with van der Waals surface area (Å²) >= 11 is 0. The Hall–Kier alpha value is -1.61. The van der Waals surface area contributed by atoms with Gasteiger partial charge in [0, 0.05) is 45.6 Å². The lowest BCUT2D eigenvalue weighted by Crippen LogP contribution is -2.40. The van der Waals surface area contributed by atoms with Gasteiger partial charge in [-0.15, -0.1) is 0 Å². The van der Waals surface area contributed by atoms with E-state index in [4.69, 9.17) is 16.4 Å². The quantitative estimate of drug-likeness (QED) is 0.138. The lowest BCUT2D eigenvalue weighted by atomic mass is 10.2. The number of methoxy groups -OCH3 is 1. The van der Waals surface area contributed by atoms with Crippen molar-refractivity contribution in [2.75, 3.05) is 41.3 Å². The predicted octanol–water partition coefficient (Wildman–Crippen LogP) is -0.563. The number of rotatable bonds is 8. The van der Waals surface area contributed by atoms with Crippen LogP contribution in [0.5, 0.6) is 0 Å². The van der Waals surface area contributed by atoms with Crippen LogP contribution in [-0.4, -0.2) is 68.5 Å². The fourth-order valence-corrected chi connectivity index (χ4v) is 1.70. The van der Waals surface area contributed by atoms with Crippen molar-refractivity contribution in [2.24, 2.45) is 16.6 Å². The molecule has 0 rings (SSSR count). The van der Waals surface area contributed by atoms with Crippen molar-refractivity contribution in [3.8, 4) is 0 Å². The molecule has 0 aliphatic rings. The van der Waals surface area contributed by atoms with Gasteiger partial charge in [0.05, 0.1) is 0 Å². The summed E-state index contributed by atoms with van der Waals surface area (Å²) in [5.74, 6) is 5.67. The molecule has 0 saturated carbocycles. The lowest BCUT2D eigenvalue weighted by Gasteiger charge is -2.27. The van der Waals surface area contributed by atoms with Crippen molar-refractivity contribution in [3.63, 3.8) is 0 Å². The molecular formula is C13H27N5O3. The molecule has 0 amide bonds. The summed E-state index contributed by atoms with van der Waals surface area (Å²) in [6.07, 6.45) is 1.94. The number of likely N-dealkylation sites (N-methyl/N-ethyl adjacent to an activating group) is 2. The molecule has 8 nitrogen and oxygen atoms in total. The average Bonchev–Trinajstić information content (AvgIpc) is 2.49. The Morgan fingerprint density at radius 3 is 2.48 bits per heavy atom. The first-order valence-electron chi connectivity index (χ1n) is 6.46. The Kier molecular flexibility index (Phi) is 9.39. The largest absolute Gasteiger partial charge is 0.419 e. The summed E-state index contributed by atoms with van der Waals surface area (Å²) in [6, 6.07) is 0. The molecule has 0 heterocycles. The molecule has 122 valence electrons. The number of amidine groups is 1. The maximum absolute atomic E-state index is 9.52. The molecule has 0 fully saturated rings. The molecule has 0 aromatic carbocycles. The van der Waals surface area contributed by atoms with Crippen LogP contribution in [0.1, 0.15) is 6.92 Å². The number of aliphatic hydroxyl groups is 1. The number of hydrogen-bond acceptors (Lipinski definition) is 7. The minimum absolute atomic E-state index is 0.512. The van der Waals surface area contributed by atoms with Crippen molar-refractivity contribution in [3.05, 3.63) is 23.6 Å². The third-order valence-electron chi connectivity index (χ3n) is 3.04. The SMILES string of the molecule is C\N=C(/C(C)=C(N)/C=C/ON)N(C)CCN(C)C(O)OC. The smallest absolute Gasteiger partial charge is 0.215 e. The van der Waals surface area contributed by atoms with Crippen molar-refractivity contribution in [1.29, 1.82) is 0 Å². The Bertz CT molecular complexity index is 395. The fourth-order valence-electron chi connectivity index (χ4n) is 1.70. The van der Waals surface area contributed by atoms with Crippen LogP contribution in [0, 0.1) is 0 Å². The molecule has 0 bridgehead atoms. The van der Waals surface area contributed by atoms with Gasteiger partial charge < -0.3 is 25.3 Å². The molecule has 0 aromatic heterocycles. The first-order valence-corrected chi connectivity index (χ1v) is 6.46. The topological polar surface area (TPSA) is 110 Å². The van der Waals surface area contributed by atoms with Gasteiger partial charge in [-0.05, 0) is 20.0 Å². The van der Waals surface area contributed by atoms with E-state index in [9.17, 15) is 5.11 Å². The number of hydrogen-bond donors (Lipinski definition) is 3. The van der Waals surface area contributed by atoms with E-state index in [2.05, 4.69) is 9.83 Å². The first kappa shape index (κ1) is 19.4. The molecule has 5 N–H and O–H groups in total. The van der Waals surface area contributed by atoms with Crippen molar-refractivity contribution in [1.82, 2.24) is 9.80 Å². The predicted molar refractivity (Wildman–Crippen MR) is 82.9 cm³/mol. The van der Waals surface area contributed by atoms with E-state index in [1.165, 1.54) is 13.4 Å². The lowest BCUT2D eigenvalue weighted by molar-refractivity contribution is -0.167. The van der Waals surface area contributed by atoms with Gasteiger partial charge >= 0.3 is 0 Å². The second-order valence-electron chi connectivity index (χ2n) is 4.53. The van der Waals surface area contributed by atoms with E-state index in [1.54, 1.807) is 25.1 Å². The highest BCUT2D eigenvalue weighted by Crippen LogP contribution is 2.07. The molecule has 8 heteroatoms. The van der Waals surface area contributed by atoms with Crippen LogP contribution in [0.4, 0.5) is 0 Å². The Labute approximate surface area is 126 Å². The number of ether oxygens (including phenoxy) is 1. The van der Waals surface area contributed by atoms with E-state index in [-0.39, 0.29) is 0 Å². The molecule has 0 aliphatic heterocycles. The Morgan fingerprint density at radius 2 is 2.00 bits per heavy atom. The molecule has 0 aliphatic carbocycles. The summed E-state index contributed by atoms with van der Waals surface area (Å²) < 4.78 is 4.83. The Morgan fingerprint density at radius 1 is 1.38 bits per heavy atom.